The maximum atomic E-state index is 12.5. The summed E-state index contributed by atoms with van der Waals surface area (Å²) in [4.78, 5) is 2.01. The van der Waals surface area contributed by atoms with Gasteiger partial charge in [0.15, 0.2) is 11.5 Å². The molecule has 6 nitrogen and oxygen atoms in total. The quantitative estimate of drug-likeness (QED) is 0.831. The number of rotatable bonds is 6. The highest BCUT2D eigenvalue weighted by atomic mass is 35.5. The van der Waals surface area contributed by atoms with Gasteiger partial charge < -0.3 is 14.4 Å². The number of hydrogen-bond donors (Lipinski definition) is 1. The van der Waals surface area contributed by atoms with Gasteiger partial charge in [-0.25, -0.2) is 13.1 Å². The minimum Gasteiger partial charge on any atom is -0.454 e. The van der Waals surface area contributed by atoms with E-state index in [-0.39, 0.29) is 29.3 Å². The first-order chi connectivity index (χ1) is 11.9. The summed E-state index contributed by atoms with van der Waals surface area (Å²) in [5.74, 6) is 1.36. The molecule has 2 aromatic rings. The van der Waals surface area contributed by atoms with Crippen LogP contribution in [0, 0.1) is 0 Å². The van der Waals surface area contributed by atoms with Crippen LogP contribution in [0.1, 0.15) is 11.6 Å². The van der Waals surface area contributed by atoms with Crippen LogP contribution in [0.4, 0.5) is 0 Å². The van der Waals surface area contributed by atoms with Crippen LogP contribution in [0.2, 0.25) is 5.02 Å². The molecule has 0 saturated heterocycles. The third-order valence-electron chi connectivity index (χ3n) is 4.00. The lowest BCUT2D eigenvalue weighted by Gasteiger charge is -2.25. The van der Waals surface area contributed by atoms with E-state index in [0.717, 1.165) is 5.56 Å². The van der Waals surface area contributed by atoms with Crippen molar-refractivity contribution in [2.75, 3.05) is 27.4 Å². The molecular weight excluding hydrogens is 364 g/mol. The topological polar surface area (TPSA) is 67.9 Å². The van der Waals surface area contributed by atoms with Gasteiger partial charge in [0.2, 0.25) is 16.8 Å². The van der Waals surface area contributed by atoms with Crippen LogP contribution in [0.25, 0.3) is 0 Å². The molecule has 0 bridgehead atoms. The van der Waals surface area contributed by atoms with Crippen molar-refractivity contribution in [1.82, 2.24) is 9.62 Å². The van der Waals surface area contributed by atoms with Crippen molar-refractivity contribution in [3.8, 4) is 11.5 Å². The molecule has 0 radical (unpaired) electrons. The van der Waals surface area contributed by atoms with Crippen molar-refractivity contribution < 1.29 is 17.9 Å². The maximum Gasteiger partial charge on any atom is 0.242 e. The molecule has 8 heteroatoms. The van der Waals surface area contributed by atoms with Gasteiger partial charge in [-0.15, -0.1) is 0 Å². The number of sulfonamides is 1. The number of benzene rings is 2. The third-order valence-corrected chi connectivity index (χ3v) is 5.92. The van der Waals surface area contributed by atoms with Crippen LogP contribution in [0.3, 0.4) is 0 Å². The zero-order valence-electron chi connectivity index (χ0n) is 13.9. The Morgan fingerprint density at radius 1 is 1.16 bits per heavy atom. The van der Waals surface area contributed by atoms with E-state index in [9.17, 15) is 8.42 Å². The summed E-state index contributed by atoms with van der Waals surface area (Å²) in [6, 6.07) is 11.8. The molecule has 0 saturated carbocycles. The first-order valence-electron chi connectivity index (χ1n) is 7.68. The smallest absolute Gasteiger partial charge is 0.242 e. The minimum absolute atomic E-state index is 0.0693. The fourth-order valence-electron chi connectivity index (χ4n) is 2.65. The zero-order valence-corrected chi connectivity index (χ0v) is 15.5. The third kappa shape index (κ3) is 3.90. The van der Waals surface area contributed by atoms with Gasteiger partial charge >= 0.3 is 0 Å². The number of hydrogen-bond acceptors (Lipinski definition) is 5. The lowest BCUT2D eigenvalue weighted by atomic mass is 10.1. The first kappa shape index (κ1) is 18.0. The Balaban J connectivity index is 1.80. The van der Waals surface area contributed by atoms with Gasteiger partial charge in [-0.3, -0.25) is 0 Å². The Bertz CT molecular complexity index is 871. The molecule has 1 aliphatic heterocycles. The molecule has 1 atom stereocenters. The van der Waals surface area contributed by atoms with Crippen molar-refractivity contribution >= 4 is 21.6 Å². The summed E-state index contributed by atoms with van der Waals surface area (Å²) in [7, 11) is 0.0723. The van der Waals surface area contributed by atoms with Gasteiger partial charge in [-0.1, -0.05) is 29.8 Å². The Hall–Kier alpha value is -1.80. The predicted molar refractivity (Wildman–Crippen MR) is 95.6 cm³/mol. The maximum absolute atomic E-state index is 12.5. The summed E-state index contributed by atoms with van der Waals surface area (Å²) in [5.41, 5.74) is 0.927. The Labute approximate surface area is 152 Å². The summed E-state index contributed by atoms with van der Waals surface area (Å²) < 4.78 is 38.4. The van der Waals surface area contributed by atoms with Crippen LogP contribution in [0.15, 0.2) is 47.4 Å². The average Bonchev–Trinajstić information content (AvgIpc) is 3.02. The van der Waals surface area contributed by atoms with E-state index in [1.165, 1.54) is 6.07 Å². The van der Waals surface area contributed by atoms with Gasteiger partial charge in [0.25, 0.3) is 0 Å². The molecule has 1 N–H and O–H groups in total. The van der Waals surface area contributed by atoms with Crippen molar-refractivity contribution in [3.05, 3.63) is 53.1 Å². The molecule has 25 heavy (non-hydrogen) atoms. The summed E-state index contributed by atoms with van der Waals surface area (Å²) >= 11 is 6.01. The number of nitrogens with one attached hydrogen (secondary N) is 1. The second kappa shape index (κ2) is 7.21. The van der Waals surface area contributed by atoms with E-state index in [2.05, 4.69) is 4.72 Å². The van der Waals surface area contributed by atoms with Crippen LogP contribution in [0.5, 0.6) is 11.5 Å². The normalized spacial score (nSPS) is 14.7. The molecule has 0 aromatic heterocycles. The number of nitrogens with zero attached hydrogens (tertiary/aromatic N) is 1. The zero-order chi connectivity index (χ0) is 18.0. The molecule has 0 spiro atoms. The molecule has 0 amide bonds. The number of fused-ring (bicyclic) bond motifs is 1. The highest BCUT2D eigenvalue weighted by molar-refractivity contribution is 7.89. The Morgan fingerprint density at radius 3 is 2.60 bits per heavy atom. The molecule has 1 aliphatic rings. The molecule has 134 valence electrons. The van der Waals surface area contributed by atoms with Gasteiger partial charge in [-0.2, -0.15) is 0 Å². The van der Waals surface area contributed by atoms with Crippen molar-refractivity contribution in [2.24, 2.45) is 0 Å². The Morgan fingerprint density at radius 2 is 1.88 bits per heavy atom. The summed E-state index contributed by atoms with van der Waals surface area (Å²) in [6.45, 7) is 0.394. The lowest BCUT2D eigenvalue weighted by Crippen LogP contribution is -2.34. The van der Waals surface area contributed by atoms with Crippen LogP contribution in [-0.2, 0) is 10.0 Å². The average molecular weight is 383 g/mol. The second-order valence-electron chi connectivity index (χ2n) is 5.87. The molecule has 0 aliphatic carbocycles. The molecule has 1 heterocycles. The monoisotopic (exact) mass is 382 g/mol. The molecule has 2 aromatic carbocycles. The highest BCUT2D eigenvalue weighted by Crippen LogP contribution is 2.35. The van der Waals surface area contributed by atoms with Crippen molar-refractivity contribution in [1.29, 1.82) is 0 Å². The van der Waals surface area contributed by atoms with Gasteiger partial charge in [0.05, 0.1) is 5.02 Å². The number of halogens is 1. The highest BCUT2D eigenvalue weighted by Gasteiger charge is 2.23. The molecule has 1 unspecified atom stereocenters. The van der Waals surface area contributed by atoms with E-state index < -0.39 is 10.0 Å². The predicted octanol–water partition coefficient (Wildman–Crippen LogP) is 2.65. The molecular formula is C17H19ClN2O4S. The van der Waals surface area contributed by atoms with Crippen LogP contribution >= 0.6 is 11.6 Å². The fourth-order valence-corrected chi connectivity index (χ4v) is 4.20. The molecule has 3 rings (SSSR count). The first-order valence-corrected chi connectivity index (χ1v) is 9.55. The summed E-state index contributed by atoms with van der Waals surface area (Å²) in [5, 5.41) is 0.194. The van der Waals surface area contributed by atoms with E-state index in [0.29, 0.717) is 11.5 Å². The van der Waals surface area contributed by atoms with E-state index in [1.807, 2.05) is 37.2 Å². The summed E-state index contributed by atoms with van der Waals surface area (Å²) in [6.07, 6.45) is 0. The van der Waals surface area contributed by atoms with Crippen molar-refractivity contribution in [3.63, 3.8) is 0 Å². The molecule has 0 fully saturated rings. The minimum atomic E-state index is -3.70. The van der Waals surface area contributed by atoms with Crippen molar-refractivity contribution in [2.45, 2.75) is 10.9 Å². The van der Waals surface area contributed by atoms with Gasteiger partial charge in [0.1, 0.15) is 4.90 Å². The second-order valence-corrected chi connectivity index (χ2v) is 8.02. The van der Waals surface area contributed by atoms with Crippen LogP contribution in [-0.4, -0.2) is 40.8 Å². The van der Waals surface area contributed by atoms with E-state index >= 15 is 0 Å². The number of ether oxygens (including phenoxy) is 2. The Kier molecular flexibility index (Phi) is 5.19. The van der Waals surface area contributed by atoms with E-state index in [1.54, 1.807) is 18.2 Å². The van der Waals surface area contributed by atoms with E-state index in [4.69, 9.17) is 21.1 Å². The van der Waals surface area contributed by atoms with Crippen LogP contribution < -0.4 is 14.2 Å². The number of likely N-dealkylation sites (N-methyl/N-ethyl adjacent to an activating group) is 1. The lowest BCUT2D eigenvalue weighted by molar-refractivity contribution is 0.174. The fraction of sp³-hybridized carbons (Fsp3) is 0.294. The SMILES string of the molecule is CN(C)C(CNS(=O)(=O)c1ccccc1Cl)c1ccc2c(c1)OCO2. The largest absolute Gasteiger partial charge is 0.454 e. The van der Waals surface area contributed by atoms with Gasteiger partial charge in [0, 0.05) is 12.6 Å². The van der Waals surface area contributed by atoms with Gasteiger partial charge in [-0.05, 0) is 43.9 Å². The standard InChI is InChI=1S/C17H19ClN2O4S/c1-20(2)14(12-7-8-15-16(9-12)24-11-23-15)10-19-25(21,22)17-6-4-3-5-13(17)18/h3-9,14,19H,10-11H2,1-2H3.